The Morgan fingerprint density at radius 3 is 2.29 bits per heavy atom. The van der Waals surface area contributed by atoms with Crippen molar-refractivity contribution in [1.82, 2.24) is 14.2 Å². The van der Waals surface area contributed by atoms with Crippen molar-refractivity contribution in [2.24, 2.45) is 5.10 Å². The highest BCUT2D eigenvalue weighted by Gasteiger charge is 2.56. The summed E-state index contributed by atoms with van der Waals surface area (Å²) in [6, 6.07) is 0. The summed E-state index contributed by atoms with van der Waals surface area (Å²) < 4.78 is 78.5. The molecule has 0 unspecified atom stereocenters. The standard InChI is InChI=1S/C12H16F4N4O3S/c1-4-19-7(3)9(6(2)17-19)24(22,23)20-12(21,11(15)16)5-8(18-20)10(13)14/h10-11,21H,4-5H2,1-3H3/t12-/m1/s1. The molecular formula is C12H16F4N4O3S. The number of alkyl halides is 4. The van der Waals surface area contributed by atoms with E-state index in [0.29, 0.717) is 6.54 Å². The number of hydrogen-bond donors (Lipinski definition) is 1. The molecule has 0 amide bonds. The SMILES string of the molecule is CCn1nc(C)c(S(=O)(=O)N2N=C(C(F)F)C[C@@]2(O)C(F)F)c1C. The molecular weight excluding hydrogens is 356 g/mol. The number of hydrogen-bond acceptors (Lipinski definition) is 5. The van der Waals surface area contributed by atoms with Crippen molar-refractivity contribution < 1.29 is 31.1 Å². The number of rotatable bonds is 5. The van der Waals surface area contributed by atoms with Crippen LogP contribution in [0.25, 0.3) is 0 Å². The largest absolute Gasteiger partial charge is 0.364 e. The van der Waals surface area contributed by atoms with Gasteiger partial charge in [-0.05, 0) is 20.8 Å². The van der Waals surface area contributed by atoms with Crippen molar-refractivity contribution in [1.29, 1.82) is 0 Å². The van der Waals surface area contributed by atoms with Crippen LogP contribution in [0.3, 0.4) is 0 Å². The van der Waals surface area contributed by atoms with Crippen LogP contribution in [0, 0.1) is 13.8 Å². The van der Waals surface area contributed by atoms with Crippen LogP contribution < -0.4 is 0 Å². The monoisotopic (exact) mass is 372 g/mol. The molecule has 0 bridgehead atoms. The van der Waals surface area contributed by atoms with Gasteiger partial charge in [-0.2, -0.15) is 18.6 Å². The van der Waals surface area contributed by atoms with E-state index in [4.69, 9.17) is 0 Å². The van der Waals surface area contributed by atoms with Crippen molar-refractivity contribution in [2.45, 2.75) is 57.2 Å². The van der Waals surface area contributed by atoms with E-state index in [0.717, 1.165) is 0 Å². The van der Waals surface area contributed by atoms with Gasteiger partial charge < -0.3 is 5.11 Å². The molecule has 1 aromatic rings. The zero-order valence-electron chi connectivity index (χ0n) is 13.0. The van der Waals surface area contributed by atoms with Gasteiger partial charge in [0.1, 0.15) is 10.6 Å². The lowest BCUT2D eigenvalue weighted by atomic mass is 10.1. The van der Waals surface area contributed by atoms with E-state index < -0.39 is 45.6 Å². The molecule has 7 nitrogen and oxygen atoms in total. The highest BCUT2D eigenvalue weighted by atomic mass is 32.2. The van der Waals surface area contributed by atoms with E-state index in [2.05, 4.69) is 10.2 Å². The molecule has 2 heterocycles. The smallest absolute Gasteiger partial charge is 0.288 e. The van der Waals surface area contributed by atoms with Crippen molar-refractivity contribution in [3.63, 3.8) is 0 Å². The van der Waals surface area contributed by atoms with Gasteiger partial charge in [-0.1, -0.05) is 0 Å². The second-order valence-electron chi connectivity index (χ2n) is 5.31. The summed E-state index contributed by atoms with van der Waals surface area (Å²) >= 11 is 0. The average Bonchev–Trinajstić information content (AvgIpc) is 2.98. The summed E-state index contributed by atoms with van der Waals surface area (Å²) in [6.07, 6.45) is -8.17. The zero-order chi connectivity index (χ0) is 18.4. The number of aromatic nitrogens is 2. The van der Waals surface area contributed by atoms with E-state index in [9.17, 15) is 31.1 Å². The van der Waals surface area contributed by atoms with Crippen molar-refractivity contribution in [3.05, 3.63) is 11.4 Å². The summed E-state index contributed by atoms with van der Waals surface area (Å²) in [5.74, 6) is 0. The molecule has 0 saturated heterocycles. The summed E-state index contributed by atoms with van der Waals surface area (Å²) in [7, 11) is -4.81. The number of sulfonamides is 1. The van der Waals surface area contributed by atoms with Gasteiger partial charge in [-0.3, -0.25) is 4.68 Å². The maximum atomic E-state index is 13.2. The van der Waals surface area contributed by atoms with Crippen LogP contribution in [0.1, 0.15) is 24.7 Å². The third-order valence-electron chi connectivity index (χ3n) is 3.69. The average molecular weight is 372 g/mol. The number of aliphatic hydroxyl groups is 1. The minimum absolute atomic E-state index is 0.00772. The number of hydrazone groups is 1. The van der Waals surface area contributed by atoms with Crippen molar-refractivity contribution in [2.75, 3.05) is 0 Å². The van der Waals surface area contributed by atoms with Gasteiger partial charge in [0.05, 0.1) is 11.4 Å². The summed E-state index contributed by atoms with van der Waals surface area (Å²) in [4.78, 5) is -0.442. The summed E-state index contributed by atoms with van der Waals surface area (Å²) in [5, 5.41) is 17.0. The molecule has 1 aliphatic rings. The molecule has 1 aromatic heterocycles. The van der Waals surface area contributed by atoms with Crippen LogP contribution >= 0.6 is 0 Å². The molecule has 0 spiro atoms. The van der Waals surface area contributed by atoms with Gasteiger partial charge in [0.15, 0.2) is 0 Å². The van der Waals surface area contributed by atoms with E-state index in [-0.39, 0.29) is 15.8 Å². The number of aryl methyl sites for hydroxylation is 2. The molecule has 24 heavy (non-hydrogen) atoms. The minimum atomic E-state index is -4.81. The first-order valence-electron chi connectivity index (χ1n) is 6.92. The first-order valence-corrected chi connectivity index (χ1v) is 8.36. The lowest BCUT2D eigenvalue weighted by molar-refractivity contribution is -0.150. The Kier molecular flexibility index (Phi) is 4.65. The molecule has 0 radical (unpaired) electrons. The van der Waals surface area contributed by atoms with E-state index >= 15 is 0 Å². The maximum absolute atomic E-state index is 13.2. The minimum Gasteiger partial charge on any atom is -0.364 e. The van der Waals surface area contributed by atoms with Gasteiger partial charge in [-0.15, -0.1) is 4.41 Å². The van der Waals surface area contributed by atoms with Gasteiger partial charge >= 0.3 is 0 Å². The molecule has 12 heteroatoms. The van der Waals surface area contributed by atoms with Gasteiger partial charge in [-0.25, -0.2) is 17.6 Å². The fraction of sp³-hybridized carbons (Fsp3) is 0.667. The lowest BCUT2D eigenvalue weighted by Gasteiger charge is -2.30. The first kappa shape index (κ1) is 18.6. The highest BCUT2D eigenvalue weighted by molar-refractivity contribution is 7.89. The van der Waals surface area contributed by atoms with E-state index in [1.54, 1.807) is 6.92 Å². The Morgan fingerprint density at radius 1 is 1.29 bits per heavy atom. The second-order valence-corrected chi connectivity index (χ2v) is 7.02. The topological polar surface area (TPSA) is 87.8 Å². The summed E-state index contributed by atoms with van der Waals surface area (Å²) in [5.41, 5.74) is -4.36. The van der Waals surface area contributed by atoms with Crippen LogP contribution in [-0.4, -0.2) is 52.0 Å². The van der Waals surface area contributed by atoms with Crippen LogP contribution in [0.4, 0.5) is 17.6 Å². The third kappa shape index (κ3) is 2.66. The van der Waals surface area contributed by atoms with Gasteiger partial charge in [0.25, 0.3) is 22.9 Å². The third-order valence-corrected chi connectivity index (χ3v) is 5.65. The molecule has 136 valence electrons. The molecule has 1 atom stereocenters. The number of halogens is 4. The predicted octanol–water partition coefficient (Wildman–Crippen LogP) is 1.49. The van der Waals surface area contributed by atoms with Crippen molar-refractivity contribution >= 4 is 15.7 Å². The molecule has 0 saturated carbocycles. The van der Waals surface area contributed by atoms with E-state index in [1.165, 1.54) is 18.5 Å². The lowest BCUT2D eigenvalue weighted by Crippen LogP contribution is -2.51. The molecule has 0 fully saturated rings. The Hall–Kier alpha value is -1.69. The summed E-state index contributed by atoms with van der Waals surface area (Å²) in [6.45, 7) is 4.73. The van der Waals surface area contributed by atoms with Crippen LogP contribution in [0.15, 0.2) is 10.00 Å². The van der Waals surface area contributed by atoms with Crippen LogP contribution in [0.5, 0.6) is 0 Å². The van der Waals surface area contributed by atoms with Crippen LogP contribution in [-0.2, 0) is 16.6 Å². The predicted molar refractivity (Wildman–Crippen MR) is 75.4 cm³/mol. The molecule has 0 aromatic carbocycles. The van der Waals surface area contributed by atoms with E-state index in [1.807, 2.05) is 0 Å². The number of nitrogens with zero attached hydrogens (tertiary/aromatic N) is 4. The fourth-order valence-electron chi connectivity index (χ4n) is 2.56. The Balaban J connectivity index is 2.64. The Bertz CT molecular complexity index is 778. The molecule has 1 aliphatic heterocycles. The fourth-order valence-corrected chi connectivity index (χ4v) is 4.40. The molecule has 1 N–H and O–H groups in total. The first-order chi connectivity index (χ1) is 11.0. The quantitative estimate of drug-likeness (QED) is 0.794. The highest BCUT2D eigenvalue weighted by Crippen LogP contribution is 2.38. The molecule has 2 rings (SSSR count). The van der Waals surface area contributed by atoms with Gasteiger partial charge in [0, 0.05) is 13.0 Å². The Labute approximate surface area is 135 Å². The molecule has 0 aliphatic carbocycles. The van der Waals surface area contributed by atoms with Gasteiger partial charge in [0.2, 0.25) is 5.72 Å². The zero-order valence-corrected chi connectivity index (χ0v) is 13.9. The van der Waals surface area contributed by atoms with Crippen molar-refractivity contribution in [3.8, 4) is 0 Å². The van der Waals surface area contributed by atoms with Crippen LogP contribution in [0.2, 0.25) is 0 Å². The second kappa shape index (κ2) is 5.99. The maximum Gasteiger partial charge on any atom is 0.288 e. The normalized spacial score (nSPS) is 21.9. The Morgan fingerprint density at radius 2 is 1.88 bits per heavy atom.